The van der Waals surface area contributed by atoms with E-state index < -0.39 is 0 Å². The van der Waals surface area contributed by atoms with Crippen LogP contribution in [0, 0.1) is 6.92 Å². The number of nitrogens with zero attached hydrogens (tertiary/aromatic N) is 1. The number of hydrogen-bond donors (Lipinski definition) is 2. The van der Waals surface area contributed by atoms with Crippen molar-refractivity contribution >= 4 is 5.69 Å². The summed E-state index contributed by atoms with van der Waals surface area (Å²) in [5.74, 6) is 0. The minimum absolute atomic E-state index is 0.250. The van der Waals surface area contributed by atoms with Gasteiger partial charge in [0.2, 0.25) is 0 Å². The molecule has 1 rings (SSSR count). The number of nitrogens with one attached hydrogen (secondary N) is 1. The number of aryl methyl sites for hydroxylation is 1. The summed E-state index contributed by atoms with van der Waals surface area (Å²) in [6.45, 7) is 8.53. The molecule has 102 valence electrons. The van der Waals surface area contributed by atoms with E-state index in [0.29, 0.717) is 6.04 Å². The SMILES string of the molecule is Cc1cc(N(C)CCCO)ccc1CNC(C)C. The van der Waals surface area contributed by atoms with Gasteiger partial charge in [0.05, 0.1) is 0 Å². The van der Waals surface area contributed by atoms with Gasteiger partial charge in [-0.2, -0.15) is 0 Å². The summed E-state index contributed by atoms with van der Waals surface area (Å²) in [5.41, 5.74) is 3.88. The molecule has 0 aromatic heterocycles. The molecule has 0 aliphatic rings. The van der Waals surface area contributed by atoms with Crippen LogP contribution in [0.25, 0.3) is 0 Å². The normalized spacial score (nSPS) is 11.0. The van der Waals surface area contributed by atoms with Crippen LogP contribution in [-0.2, 0) is 6.54 Å². The summed E-state index contributed by atoms with van der Waals surface area (Å²) in [7, 11) is 2.07. The highest BCUT2D eigenvalue weighted by atomic mass is 16.3. The minimum Gasteiger partial charge on any atom is -0.396 e. The maximum Gasteiger partial charge on any atom is 0.0447 e. The molecule has 0 saturated heterocycles. The molecule has 1 aromatic carbocycles. The predicted molar refractivity (Wildman–Crippen MR) is 78.1 cm³/mol. The van der Waals surface area contributed by atoms with Crippen LogP contribution >= 0.6 is 0 Å². The van der Waals surface area contributed by atoms with E-state index in [9.17, 15) is 0 Å². The summed E-state index contributed by atoms with van der Waals surface area (Å²) < 4.78 is 0. The number of rotatable bonds is 7. The third-order valence-corrected chi connectivity index (χ3v) is 3.12. The monoisotopic (exact) mass is 250 g/mol. The van der Waals surface area contributed by atoms with Gasteiger partial charge in [-0.05, 0) is 36.6 Å². The molecule has 0 aliphatic heterocycles. The Labute approximate surface area is 111 Å². The van der Waals surface area contributed by atoms with Crippen molar-refractivity contribution in [3.05, 3.63) is 29.3 Å². The Balaban J connectivity index is 2.66. The van der Waals surface area contributed by atoms with Crippen LogP contribution < -0.4 is 10.2 Å². The number of aliphatic hydroxyl groups is 1. The summed E-state index contributed by atoms with van der Waals surface area (Å²) in [4.78, 5) is 2.18. The molecule has 0 amide bonds. The van der Waals surface area contributed by atoms with Crippen LogP contribution in [0.15, 0.2) is 18.2 Å². The molecule has 1 aromatic rings. The molecule has 0 radical (unpaired) electrons. The number of benzene rings is 1. The quantitative estimate of drug-likeness (QED) is 0.779. The van der Waals surface area contributed by atoms with E-state index in [1.165, 1.54) is 16.8 Å². The number of aliphatic hydroxyl groups excluding tert-OH is 1. The summed E-state index contributed by atoms with van der Waals surface area (Å²) in [6.07, 6.45) is 0.812. The van der Waals surface area contributed by atoms with Crippen molar-refractivity contribution < 1.29 is 5.11 Å². The van der Waals surface area contributed by atoms with E-state index in [1.54, 1.807) is 0 Å². The number of anilines is 1. The molecule has 0 saturated carbocycles. The van der Waals surface area contributed by atoms with Crippen molar-refractivity contribution in [3.63, 3.8) is 0 Å². The molecular weight excluding hydrogens is 224 g/mol. The molecule has 0 bridgehead atoms. The van der Waals surface area contributed by atoms with E-state index in [1.807, 2.05) is 0 Å². The van der Waals surface area contributed by atoms with Gasteiger partial charge in [0, 0.05) is 38.5 Å². The van der Waals surface area contributed by atoms with Gasteiger partial charge in [-0.3, -0.25) is 0 Å². The zero-order chi connectivity index (χ0) is 13.5. The third kappa shape index (κ3) is 4.67. The molecule has 3 nitrogen and oxygen atoms in total. The van der Waals surface area contributed by atoms with E-state index in [4.69, 9.17) is 5.11 Å². The van der Waals surface area contributed by atoms with Gasteiger partial charge in [-0.1, -0.05) is 19.9 Å². The predicted octanol–water partition coefficient (Wildman–Crippen LogP) is 2.31. The average molecular weight is 250 g/mol. The van der Waals surface area contributed by atoms with Gasteiger partial charge in [0.1, 0.15) is 0 Å². The summed E-state index contributed by atoms with van der Waals surface area (Å²) in [6, 6.07) is 7.07. The van der Waals surface area contributed by atoms with Crippen molar-refractivity contribution in [2.24, 2.45) is 0 Å². The fourth-order valence-electron chi connectivity index (χ4n) is 1.87. The van der Waals surface area contributed by atoms with Crippen molar-refractivity contribution in [1.29, 1.82) is 0 Å². The van der Waals surface area contributed by atoms with Crippen molar-refractivity contribution in [1.82, 2.24) is 5.32 Å². The Morgan fingerprint density at radius 2 is 2.06 bits per heavy atom. The first-order valence-electron chi connectivity index (χ1n) is 6.69. The largest absolute Gasteiger partial charge is 0.396 e. The fourth-order valence-corrected chi connectivity index (χ4v) is 1.87. The second kappa shape index (κ2) is 7.39. The van der Waals surface area contributed by atoms with Crippen molar-refractivity contribution in [3.8, 4) is 0 Å². The fraction of sp³-hybridized carbons (Fsp3) is 0.600. The lowest BCUT2D eigenvalue weighted by Gasteiger charge is -2.20. The molecular formula is C15H26N2O. The lowest BCUT2D eigenvalue weighted by atomic mass is 10.1. The van der Waals surface area contributed by atoms with Crippen LogP contribution in [0.4, 0.5) is 5.69 Å². The highest BCUT2D eigenvalue weighted by Crippen LogP contribution is 2.18. The first-order chi connectivity index (χ1) is 8.54. The lowest BCUT2D eigenvalue weighted by Crippen LogP contribution is -2.23. The second-order valence-corrected chi connectivity index (χ2v) is 5.15. The molecule has 0 fully saturated rings. The highest BCUT2D eigenvalue weighted by Gasteiger charge is 2.04. The van der Waals surface area contributed by atoms with Crippen molar-refractivity contribution in [2.75, 3.05) is 25.1 Å². The molecule has 0 aliphatic carbocycles. The molecule has 18 heavy (non-hydrogen) atoms. The Morgan fingerprint density at radius 1 is 1.33 bits per heavy atom. The molecule has 3 heteroatoms. The van der Waals surface area contributed by atoms with Crippen LogP contribution in [-0.4, -0.2) is 31.3 Å². The topological polar surface area (TPSA) is 35.5 Å². The maximum absolute atomic E-state index is 8.85. The smallest absolute Gasteiger partial charge is 0.0447 e. The second-order valence-electron chi connectivity index (χ2n) is 5.15. The minimum atomic E-state index is 0.250. The average Bonchev–Trinajstić information content (AvgIpc) is 2.34. The molecule has 2 N–H and O–H groups in total. The first kappa shape index (κ1) is 15.0. The van der Waals surface area contributed by atoms with E-state index in [2.05, 4.69) is 56.2 Å². The standard InChI is InChI=1S/C15H26N2O/c1-12(2)16-11-14-6-7-15(10-13(14)3)17(4)8-5-9-18/h6-7,10,12,16,18H,5,8-9,11H2,1-4H3. The van der Waals surface area contributed by atoms with E-state index >= 15 is 0 Å². The van der Waals surface area contributed by atoms with Gasteiger partial charge >= 0.3 is 0 Å². The van der Waals surface area contributed by atoms with Crippen LogP contribution in [0.2, 0.25) is 0 Å². The Hall–Kier alpha value is -1.06. The molecule has 0 heterocycles. The van der Waals surface area contributed by atoms with Crippen LogP contribution in [0.5, 0.6) is 0 Å². The van der Waals surface area contributed by atoms with Gasteiger partial charge in [0.15, 0.2) is 0 Å². The van der Waals surface area contributed by atoms with Gasteiger partial charge < -0.3 is 15.3 Å². The zero-order valence-corrected chi connectivity index (χ0v) is 12.0. The van der Waals surface area contributed by atoms with Gasteiger partial charge in [-0.15, -0.1) is 0 Å². The Morgan fingerprint density at radius 3 is 2.61 bits per heavy atom. The zero-order valence-electron chi connectivity index (χ0n) is 12.0. The van der Waals surface area contributed by atoms with Crippen molar-refractivity contribution in [2.45, 2.75) is 39.8 Å². The van der Waals surface area contributed by atoms with Gasteiger partial charge in [-0.25, -0.2) is 0 Å². The maximum atomic E-state index is 8.85. The van der Waals surface area contributed by atoms with Crippen LogP contribution in [0.3, 0.4) is 0 Å². The third-order valence-electron chi connectivity index (χ3n) is 3.12. The van der Waals surface area contributed by atoms with E-state index in [-0.39, 0.29) is 6.61 Å². The first-order valence-corrected chi connectivity index (χ1v) is 6.69. The molecule has 0 spiro atoms. The molecule has 0 unspecified atom stereocenters. The van der Waals surface area contributed by atoms with Gasteiger partial charge in [0.25, 0.3) is 0 Å². The lowest BCUT2D eigenvalue weighted by molar-refractivity contribution is 0.290. The highest BCUT2D eigenvalue weighted by molar-refractivity contribution is 5.50. The molecule has 0 atom stereocenters. The summed E-state index contributed by atoms with van der Waals surface area (Å²) in [5, 5.41) is 12.3. The Bertz CT molecular complexity index is 364. The Kier molecular flexibility index (Phi) is 6.16. The number of hydrogen-bond acceptors (Lipinski definition) is 3. The summed E-state index contributed by atoms with van der Waals surface area (Å²) >= 11 is 0. The van der Waals surface area contributed by atoms with Crippen LogP contribution in [0.1, 0.15) is 31.4 Å². The van der Waals surface area contributed by atoms with E-state index in [0.717, 1.165) is 19.5 Å².